The van der Waals surface area contributed by atoms with Crippen LogP contribution in [0.4, 0.5) is 0 Å². The van der Waals surface area contributed by atoms with E-state index in [0.29, 0.717) is 0 Å². The maximum absolute atomic E-state index is 12.2. The normalized spacial score (nSPS) is 16.2. The van der Waals surface area contributed by atoms with Gasteiger partial charge in [-0.3, -0.25) is 4.79 Å². The van der Waals surface area contributed by atoms with Gasteiger partial charge in [-0.2, -0.15) is 0 Å². The van der Waals surface area contributed by atoms with Crippen molar-refractivity contribution < 1.29 is 14.7 Å². The lowest BCUT2D eigenvalue weighted by Crippen LogP contribution is -2.40. The lowest BCUT2D eigenvalue weighted by molar-refractivity contribution is -0.133. The molecular weight excluding hydrogens is 284 g/mol. The highest BCUT2D eigenvalue weighted by molar-refractivity contribution is 5.84. The number of hydrogen-bond donors (Lipinski definition) is 1. The summed E-state index contributed by atoms with van der Waals surface area (Å²) in [5.74, 6) is 0.292. The van der Waals surface area contributed by atoms with Crippen LogP contribution in [0.3, 0.4) is 0 Å². The number of piperidine rings is 1. The van der Waals surface area contributed by atoms with E-state index >= 15 is 0 Å². The Balaban J connectivity index is 1.78. The molecule has 0 aliphatic carbocycles. The van der Waals surface area contributed by atoms with E-state index in [0.717, 1.165) is 37.8 Å². The van der Waals surface area contributed by atoms with Gasteiger partial charge in [0.25, 0.3) is 0 Å². The predicted molar refractivity (Wildman–Crippen MR) is 80.4 cm³/mol. The minimum absolute atomic E-state index is 0.0239. The molecule has 122 valence electrons. The van der Waals surface area contributed by atoms with Crippen molar-refractivity contribution in [1.29, 1.82) is 0 Å². The third-order valence-electron chi connectivity index (χ3n) is 4.17. The molecule has 1 amide bonds. The van der Waals surface area contributed by atoms with Gasteiger partial charge in [0, 0.05) is 13.1 Å². The molecule has 0 unspecified atom stereocenters. The molecule has 0 atom stereocenters. The lowest BCUT2D eigenvalue weighted by Gasteiger charge is -2.32. The SMILES string of the molecule is CC(C)CCC1CCN(C(=O)Cn2cc(C(=O)O)nn2)CC1. The first-order chi connectivity index (χ1) is 10.5. The first kappa shape index (κ1) is 16.5. The topological polar surface area (TPSA) is 88.3 Å². The van der Waals surface area contributed by atoms with E-state index in [-0.39, 0.29) is 18.1 Å². The molecule has 1 aliphatic heterocycles. The van der Waals surface area contributed by atoms with E-state index < -0.39 is 5.97 Å². The molecule has 1 aromatic rings. The number of carboxylic acids is 1. The number of hydrogen-bond acceptors (Lipinski definition) is 4. The van der Waals surface area contributed by atoms with Crippen molar-refractivity contribution in [3.8, 4) is 0 Å². The molecule has 7 heteroatoms. The third kappa shape index (κ3) is 4.54. The molecule has 1 fully saturated rings. The van der Waals surface area contributed by atoms with Gasteiger partial charge >= 0.3 is 5.97 Å². The van der Waals surface area contributed by atoms with Crippen molar-refractivity contribution in [3.63, 3.8) is 0 Å². The smallest absolute Gasteiger partial charge is 0.358 e. The Hall–Kier alpha value is -1.92. The van der Waals surface area contributed by atoms with Crippen LogP contribution in [-0.4, -0.2) is 50.0 Å². The zero-order valence-corrected chi connectivity index (χ0v) is 13.2. The summed E-state index contributed by atoms with van der Waals surface area (Å²) in [5, 5.41) is 16.0. The van der Waals surface area contributed by atoms with Gasteiger partial charge in [-0.05, 0) is 24.7 Å². The Morgan fingerprint density at radius 1 is 1.36 bits per heavy atom. The zero-order chi connectivity index (χ0) is 16.1. The molecular formula is C15H24N4O3. The lowest BCUT2D eigenvalue weighted by atomic mass is 9.89. The molecule has 0 saturated carbocycles. The van der Waals surface area contributed by atoms with Crippen LogP contribution in [0.2, 0.25) is 0 Å². The van der Waals surface area contributed by atoms with Crippen LogP contribution in [0.25, 0.3) is 0 Å². The largest absolute Gasteiger partial charge is 0.476 e. The van der Waals surface area contributed by atoms with E-state index in [2.05, 4.69) is 24.2 Å². The van der Waals surface area contributed by atoms with Gasteiger partial charge in [0.15, 0.2) is 5.69 Å². The van der Waals surface area contributed by atoms with Crippen molar-refractivity contribution >= 4 is 11.9 Å². The number of carbonyl (C=O) groups excluding carboxylic acids is 1. The molecule has 1 aromatic heterocycles. The second-order valence-corrected chi connectivity index (χ2v) is 6.40. The van der Waals surface area contributed by atoms with Crippen molar-refractivity contribution in [2.24, 2.45) is 11.8 Å². The van der Waals surface area contributed by atoms with Gasteiger partial charge in [-0.1, -0.05) is 31.9 Å². The number of aromatic nitrogens is 3. The van der Waals surface area contributed by atoms with Crippen molar-refractivity contribution in [2.75, 3.05) is 13.1 Å². The van der Waals surface area contributed by atoms with E-state index in [1.807, 2.05) is 4.90 Å². The predicted octanol–water partition coefficient (Wildman–Crippen LogP) is 1.65. The van der Waals surface area contributed by atoms with Gasteiger partial charge < -0.3 is 10.0 Å². The highest BCUT2D eigenvalue weighted by Crippen LogP contribution is 2.23. The molecule has 1 saturated heterocycles. The van der Waals surface area contributed by atoms with E-state index in [9.17, 15) is 9.59 Å². The summed E-state index contributed by atoms with van der Waals surface area (Å²) in [6.07, 6.45) is 5.88. The molecule has 0 radical (unpaired) electrons. The van der Waals surface area contributed by atoms with Crippen LogP contribution in [0.5, 0.6) is 0 Å². The number of aromatic carboxylic acids is 1. The maximum atomic E-state index is 12.2. The summed E-state index contributed by atoms with van der Waals surface area (Å²) in [6.45, 7) is 6.09. The Morgan fingerprint density at radius 2 is 2.05 bits per heavy atom. The summed E-state index contributed by atoms with van der Waals surface area (Å²) in [7, 11) is 0. The molecule has 1 aliphatic rings. The first-order valence-corrected chi connectivity index (χ1v) is 7.87. The van der Waals surface area contributed by atoms with E-state index in [1.54, 1.807) is 0 Å². The van der Waals surface area contributed by atoms with Crippen molar-refractivity contribution in [2.45, 2.75) is 46.1 Å². The molecule has 22 heavy (non-hydrogen) atoms. The van der Waals surface area contributed by atoms with Crippen molar-refractivity contribution in [1.82, 2.24) is 19.9 Å². The van der Waals surface area contributed by atoms with Crippen LogP contribution in [0.1, 0.15) is 50.0 Å². The fourth-order valence-electron chi connectivity index (χ4n) is 2.75. The summed E-state index contributed by atoms with van der Waals surface area (Å²) >= 11 is 0. The molecule has 2 rings (SSSR count). The van der Waals surface area contributed by atoms with Crippen LogP contribution in [-0.2, 0) is 11.3 Å². The monoisotopic (exact) mass is 308 g/mol. The maximum Gasteiger partial charge on any atom is 0.358 e. The van der Waals surface area contributed by atoms with Gasteiger partial charge in [-0.25, -0.2) is 9.48 Å². The Morgan fingerprint density at radius 3 is 2.59 bits per heavy atom. The number of carboxylic acid groups (broad SMARTS) is 1. The molecule has 0 spiro atoms. The molecule has 0 bridgehead atoms. The highest BCUT2D eigenvalue weighted by Gasteiger charge is 2.23. The second-order valence-electron chi connectivity index (χ2n) is 6.40. The standard InChI is InChI=1S/C15H24N4O3/c1-11(2)3-4-12-5-7-18(8-6-12)14(20)10-19-9-13(15(21)22)16-17-19/h9,11-12H,3-8,10H2,1-2H3,(H,21,22). The average Bonchev–Trinajstić information content (AvgIpc) is 2.94. The Kier molecular flexibility index (Phi) is 5.51. The number of amides is 1. The fraction of sp³-hybridized carbons (Fsp3) is 0.733. The summed E-state index contributed by atoms with van der Waals surface area (Å²) < 4.78 is 1.29. The third-order valence-corrected chi connectivity index (χ3v) is 4.17. The molecule has 0 aromatic carbocycles. The van der Waals surface area contributed by atoms with E-state index in [1.165, 1.54) is 23.7 Å². The highest BCUT2D eigenvalue weighted by atomic mass is 16.4. The minimum Gasteiger partial charge on any atom is -0.476 e. The van der Waals surface area contributed by atoms with Gasteiger partial charge in [-0.15, -0.1) is 5.10 Å². The van der Waals surface area contributed by atoms with Crippen molar-refractivity contribution in [3.05, 3.63) is 11.9 Å². The summed E-state index contributed by atoms with van der Waals surface area (Å²) in [6, 6.07) is 0. The van der Waals surface area contributed by atoms with E-state index in [4.69, 9.17) is 5.11 Å². The quantitative estimate of drug-likeness (QED) is 0.863. The van der Waals surface area contributed by atoms with Gasteiger partial charge in [0.1, 0.15) is 6.54 Å². The van der Waals surface area contributed by atoms with Crippen LogP contribution in [0, 0.1) is 11.8 Å². The number of likely N-dealkylation sites (tertiary alicyclic amines) is 1. The Labute approximate surface area is 130 Å². The average molecular weight is 308 g/mol. The number of carbonyl (C=O) groups is 2. The van der Waals surface area contributed by atoms with Crippen LogP contribution >= 0.6 is 0 Å². The minimum atomic E-state index is -1.13. The Bertz CT molecular complexity index is 519. The molecule has 1 N–H and O–H groups in total. The first-order valence-electron chi connectivity index (χ1n) is 7.87. The summed E-state index contributed by atoms with van der Waals surface area (Å²) in [4.78, 5) is 24.8. The number of rotatable bonds is 6. The summed E-state index contributed by atoms with van der Waals surface area (Å²) in [5.41, 5.74) is -0.139. The zero-order valence-electron chi connectivity index (χ0n) is 13.2. The molecule has 2 heterocycles. The van der Waals surface area contributed by atoms with Gasteiger partial charge in [0.05, 0.1) is 6.20 Å². The van der Waals surface area contributed by atoms with Crippen LogP contribution in [0.15, 0.2) is 6.20 Å². The number of nitrogens with zero attached hydrogens (tertiary/aromatic N) is 4. The van der Waals surface area contributed by atoms with Gasteiger partial charge in [0.2, 0.25) is 5.91 Å². The molecule has 7 nitrogen and oxygen atoms in total. The second kappa shape index (κ2) is 7.38. The fourth-order valence-corrected chi connectivity index (χ4v) is 2.75. The van der Waals surface area contributed by atoms with Crippen LogP contribution < -0.4 is 0 Å².